The number of pyridine rings is 1. The van der Waals surface area contributed by atoms with Gasteiger partial charge < -0.3 is 34.3 Å². The van der Waals surface area contributed by atoms with Crippen LogP contribution in [-0.4, -0.2) is 80.2 Å². The first kappa shape index (κ1) is 37.8. The zero-order valence-electron chi connectivity index (χ0n) is 31.8. The van der Waals surface area contributed by atoms with Gasteiger partial charge in [-0.15, -0.1) is 0 Å². The first-order chi connectivity index (χ1) is 25.6. The molecule has 2 unspecified atom stereocenters. The van der Waals surface area contributed by atoms with Crippen molar-refractivity contribution in [3.05, 3.63) is 76.1 Å². The van der Waals surface area contributed by atoms with Gasteiger partial charge in [0.2, 0.25) is 0 Å². The van der Waals surface area contributed by atoms with Crippen molar-refractivity contribution < 1.29 is 28.8 Å². The Morgan fingerprint density at radius 3 is 2.64 bits per heavy atom. The van der Waals surface area contributed by atoms with Crippen molar-refractivity contribution in [3.63, 3.8) is 0 Å². The number of fused-ring (bicyclic) bond motifs is 4. The Morgan fingerprint density at radius 1 is 1.13 bits per heavy atom. The standard InChI is InChI=1S/C43H56ClN3O6/c1-28(25-51-37-11-16-45-36-10-5-7-29(2)40(36)37)19-32-20-31-21-38-39(53-27-30(26-52-38)24-47(3)17-18-50-4)23-35(31)42(32)12-14-43(15-13-42,41(48)49)46-34-9-6-8-33(44)22-34/h6,8-9,11,16,21-23,28-30,32,46H,5,7,10,12-15,17-20,24-27H2,1-4H3,(H,48,49)/t28-,29-,30?,32?,42?,43?/m1/s1. The lowest BCUT2D eigenvalue weighted by atomic mass is 9.59. The van der Waals surface area contributed by atoms with Gasteiger partial charge in [-0.3, -0.25) is 4.98 Å². The number of ether oxygens (including phenoxy) is 4. The van der Waals surface area contributed by atoms with E-state index in [9.17, 15) is 9.90 Å². The monoisotopic (exact) mass is 745 g/mol. The van der Waals surface area contributed by atoms with Gasteiger partial charge in [0.25, 0.3) is 0 Å². The van der Waals surface area contributed by atoms with E-state index in [1.807, 2.05) is 36.5 Å². The van der Waals surface area contributed by atoms with E-state index in [0.29, 0.717) is 62.0 Å². The van der Waals surface area contributed by atoms with Crippen molar-refractivity contribution in [2.45, 2.75) is 88.5 Å². The Hall–Kier alpha value is -3.53. The number of nitrogens with one attached hydrogen (secondary N) is 1. The number of hydrogen-bond donors (Lipinski definition) is 2. The topological polar surface area (TPSA) is 102 Å². The highest BCUT2D eigenvalue weighted by Gasteiger charge is 2.54. The molecule has 53 heavy (non-hydrogen) atoms. The number of methoxy groups -OCH3 is 1. The number of carboxylic acids is 1. The van der Waals surface area contributed by atoms with Gasteiger partial charge in [-0.25, -0.2) is 4.79 Å². The molecule has 10 heteroatoms. The number of benzene rings is 2. The third-order valence-electron chi connectivity index (χ3n) is 12.5. The third kappa shape index (κ3) is 7.99. The zero-order chi connectivity index (χ0) is 37.2. The number of carboxylic acid groups (broad SMARTS) is 1. The van der Waals surface area contributed by atoms with Crippen molar-refractivity contribution in [2.24, 2.45) is 17.8 Å². The normalized spacial score (nSPS) is 26.8. The zero-order valence-corrected chi connectivity index (χ0v) is 32.6. The van der Waals surface area contributed by atoms with Crippen molar-refractivity contribution in [2.75, 3.05) is 59.0 Å². The number of aryl methyl sites for hydroxylation is 1. The summed E-state index contributed by atoms with van der Waals surface area (Å²) in [6, 6.07) is 13.9. The van der Waals surface area contributed by atoms with Crippen LogP contribution in [0.15, 0.2) is 48.7 Å². The molecule has 3 aliphatic carbocycles. The quantitative estimate of drug-likeness (QED) is 0.179. The van der Waals surface area contributed by atoms with Crippen LogP contribution < -0.4 is 19.5 Å². The number of halogens is 1. The van der Waals surface area contributed by atoms with Gasteiger partial charge in [0.1, 0.15) is 11.3 Å². The second kappa shape index (κ2) is 16.1. The Bertz CT molecular complexity index is 1760. The second-order valence-electron chi connectivity index (χ2n) is 16.4. The van der Waals surface area contributed by atoms with E-state index in [-0.39, 0.29) is 11.3 Å². The molecule has 2 N–H and O–H groups in total. The highest BCUT2D eigenvalue weighted by Crippen LogP contribution is 2.58. The van der Waals surface area contributed by atoms with E-state index in [4.69, 9.17) is 30.5 Å². The predicted octanol–water partition coefficient (Wildman–Crippen LogP) is 8.17. The summed E-state index contributed by atoms with van der Waals surface area (Å²) in [5.74, 6) is 3.08. The van der Waals surface area contributed by atoms with Crippen molar-refractivity contribution >= 4 is 23.3 Å². The summed E-state index contributed by atoms with van der Waals surface area (Å²) in [6.07, 6.45) is 9.65. The van der Waals surface area contributed by atoms with Crippen LogP contribution >= 0.6 is 11.6 Å². The lowest BCUT2D eigenvalue weighted by Crippen LogP contribution is -2.53. The number of aromatic nitrogens is 1. The van der Waals surface area contributed by atoms with Gasteiger partial charge >= 0.3 is 5.97 Å². The molecule has 1 aromatic heterocycles. The fourth-order valence-corrected chi connectivity index (χ4v) is 9.88. The molecule has 0 radical (unpaired) electrons. The average molecular weight is 746 g/mol. The molecule has 3 aromatic rings. The molecule has 7 rings (SSSR count). The molecule has 4 atom stereocenters. The highest BCUT2D eigenvalue weighted by molar-refractivity contribution is 6.30. The first-order valence-corrected chi connectivity index (χ1v) is 19.9. The SMILES string of the molecule is COCCN(C)CC1COc2cc3c(cc2OC1)C1(CCC(Nc2cccc(Cl)c2)(C(=O)O)CC1)C(C[C@@H](C)COc1ccnc2c1[C@H](C)CCC2)C3. The van der Waals surface area contributed by atoms with Crippen molar-refractivity contribution in [1.29, 1.82) is 0 Å². The van der Waals surface area contributed by atoms with Crippen LogP contribution in [0.25, 0.3) is 0 Å². The summed E-state index contributed by atoms with van der Waals surface area (Å²) in [5, 5.41) is 14.7. The number of aliphatic carboxylic acids is 1. The van der Waals surface area contributed by atoms with Crippen LogP contribution in [-0.2, 0) is 27.8 Å². The maximum Gasteiger partial charge on any atom is 0.329 e. The van der Waals surface area contributed by atoms with Gasteiger partial charge in [0, 0.05) is 54.3 Å². The van der Waals surface area contributed by atoms with E-state index in [1.165, 1.54) is 35.2 Å². The molecule has 1 fully saturated rings. The van der Waals surface area contributed by atoms with Crippen LogP contribution in [0.5, 0.6) is 17.2 Å². The Labute approximate surface area is 319 Å². The van der Waals surface area contributed by atoms with Crippen molar-refractivity contribution in [3.8, 4) is 17.2 Å². The van der Waals surface area contributed by atoms with Gasteiger partial charge in [-0.05, 0) is 136 Å². The van der Waals surface area contributed by atoms with Crippen LogP contribution in [0, 0.1) is 17.8 Å². The average Bonchev–Trinajstić information content (AvgIpc) is 3.27. The van der Waals surface area contributed by atoms with Crippen LogP contribution in [0.3, 0.4) is 0 Å². The second-order valence-corrected chi connectivity index (χ2v) is 16.8. The Balaban J connectivity index is 1.13. The number of likely N-dealkylation sites (N-methyl/N-ethyl adjacent to an activating group) is 1. The molecule has 1 saturated carbocycles. The first-order valence-electron chi connectivity index (χ1n) is 19.6. The molecular weight excluding hydrogens is 690 g/mol. The third-order valence-corrected chi connectivity index (χ3v) is 12.8. The van der Waals surface area contributed by atoms with E-state index in [1.54, 1.807) is 7.11 Å². The summed E-state index contributed by atoms with van der Waals surface area (Å²) < 4.78 is 24.9. The summed E-state index contributed by atoms with van der Waals surface area (Å²) >= 11 is 6.31. The lowest BCUT2D eigenvalue weighted by molar-refractivity contribution is -0.144. The molecule has 2 aromatic carbocycles. The van der Waals surface area contributed by atoms with Crippen LogP contribution in [0.4, 0.5) is 5.69 Å². The highest BCUT2D eigenvalue weighted by atomic mass is 35.5. The maximum absolute atomic E-state index is 13.1. The van der Waals surface area contributed by atoms with Gasteiger partial charge in [-0.2, -0.15) is 0 Å². The number of hydrogen-bond acceptors (Lipinski definition) is 8. The number of carbonyl (C=O) groups is 1. The summed E-state index contributed by atoms with van der Waals surface area (Å²) in [5.41, 5.74) is 4.52. The minimum Gasteiger partial charge on any atom is -0.493 e. The molecule has 0 amide bonds. The molecule has 1 aliphatic heterocycles. The molecular formula is C43H56ClN3O6. The molecule has 4 aliphatic rings. The molecule has 1 spiro atoms. The maximum atomic E-state index is 13.1. The summed E-state index contributed by atoms with van der Waals surface area (Å²) in [6.45, 7) is 8.80. The van der Waals surface area contributed by atoms with E-state index in [2.05, 4.69) is 48.2 Å². The lowest BCUT2D eigenvalue weighted by Gasteiger charge is -2.47. The van der Waals surface area contributed by atoms with Crippen LogP contribution in [0.1, 0.15) is 87.1 Å². The fourth-order valence-electron chi connectivity index (χ4n) is 9.69. The van der Waals surface area contributed by atoms with Gasteiger partial charge in [0.05, 0.1) is 26.4 Å². The number of nitrogens with zero attached hydrogens (tertiary/aromatic N) is 2. The van der Waals surface area contributed by atoms with E-state index < -0.39 is 11.5 Å². The van der Waals surface area contributed by atoms with Crippen molar-refractivity contribution in [1.82, 2.24) is 9.88 Å². The van der Waals surface area contributed by atoms with Gasteiger partial charge in [0.15, 0.2) is 11.5 Å². The smallest absolute Gasteiger partial charge is 0.329 e. The minimum atomic E-state index is -1.08. The summed E-state index contributed by atoms with van der Waals surface area (Å²) in [4.78, 5) is 20.0. The Morgan fingerprint density at radius 2 is 1.91 bits per heavy atom. The summed E-state index contributed by atoms with van der Waals surface area (Å²) in [7, 11) is 3.83. The number of anilines is 1. The van der Waals surface area contributed by atoms with Gasteiger partial charge in [-0.1, -0.05) is 31.5 Å². The molecule has 0 bridgehead atoms. The predicted molar refractivity (Wildman–Crippen MR) is 208 cm³/mol. The van der Waals surface area contributed by atoms with E-state index in [0.717, 1.165) is 68.1 Å². The molecule has 9 nitrogen and oxygen atoms in total. The minimum absolute atomic E-state index is 0.187. The molecule has 2 heterocycles. The Kier molecular flexibility index (Phi) is 11.4. The molecule has 286 valence electrons. The fraction of sp³-hybridized carbons (Fsp3) is 0.581. The van der Waals surface area contributed by atoms with E-state index >= 15 is 0 Å². The number of rotatable bonds is 13. The molecule has 0 saturated heterocycles. The largest absolute Gasteiger partial charge is 0.493 e. The van der Waals surface area contributed by atoms with Crippen LogP contribution in [0.2, 0.25) is 5.02 Å².